The number of aliphatic hydroxyl groups is 1. The number of amides is 1. The van der Waals surface area contributed by atoms with Gasteiger partial charge in [0.1, 0.15) is 5.82 Å². The second-order valence-corrected chi connectivity index (χ2v) is 7.43. The van der Waals surface area contributed by atoms with Crippen molar-refractivity contribution in [2.75, 3.05) is 20.8 Å². The Morgan fingerprint density at radius 3 is 2.52 bits per heavy atom. The smallest absolute Gasteiger partial charge is 0.290 e. The van der Waals surface area contributed by atoms with Crippen LogP contribution in [0, 0.1) is 5.82 Å². The van der Waals surface area contributed by atoms with E-state index in [4.69, 9.17) is 13.9 Å². The SMILES string of the molecule is COc1ccc(CCN2C(=O)C(O)=C(C(=O)c3ccco3)[C@H]2c2ccccc2F)cc1OC. The van der Waals surface area contributed by atoms with E-state index in [2.05, 4.69) is 0 Å². The van der Waals surface area contributed by atoms with Crippen LogP contribution in [-0.4, -0.2) is 42.5 Å². The van der Waals surface area contributed by atoms with Crippen LogP contribution >= 0.6 is 0 Å². The van der Waals surface area contributed by atoms with Crippen LogP contribution in [0.15, 0.2) is 76.6 Å². The maximum Gasteiger partial charge on any atom is 0.290 e. The summed E-state index contributed by atoms with van der Waals surface area (Å²) in [6.45, 7) is 0.117. The van der Waals surface area contributed by atoms with Gasteiger partial charge in [-0.15, -0.1) is 0 Å². The van der Waals surface area contributed by atoms with E-state index in [0.717, 1.165) is 5.56 Å². The zero-order valence-corrected chi connectivity index (χ0v) is 18.1. The highest BCUT2D eigenvalue weighted by molar-refractivity contribution is 6.15. The summed E-state index contributed by atoms with van der Waals surface area (Å²) in [5.41, 5.74) is 0.725. The molecule has 1 N–H and O–H groups in total. The minimum atomic E-state index is -1.10. The fourth-order valence-corrected chi connectivity index (χ4v) is 3.96. The van der Waals surface area contributed by atoms with Crippen molar-refractivity contribution in [1.82, 2.24) is 4.90 Å². The molecule has 3 aromatic rings. The van der Waals surface area contributed by atoms with Gasteiger partial charge in [-0.2, -0.15) is 0 Å². The Hall–Kier alpha value is -4.07. The molecule has 1 atom stereocenters. The summed E-state index contributed by atoms with van der Waals surface area (Å²) in [4.78, 5) is 27.4. The zero-order chi connectivity index (χ0) is 23.5. The van der Waals surface area contributed by atoms with Gasteiger partial charge in [-0.3, -0.25) is 9.59 Å². The molecule has 0 spiro atoms. The number of ketones is 1. The van der Waals surface area contributed by atoms with Gasteiger partial charge in [-0.05, 0) is 42.3 Å². The number of halogens is 1. The molecule has 2 aromatic carbocycles. The summed E-state index contributed by atoms with van der Waals surface area (Å²) in [6.07, 6.45) is 1.68. The summed E-state index contributed by atoms with van der Waals surface area (Å²) in [5.74, 6) is -1.68. The van der Waals surface area contributed by atoms with Crippen LogP contribution in [0.3, 0.4) is 0 Å². The Morgan fingerprint density at radius 1 is 1.09 bits per heavy atom. The van der Waals surface area contributed by atoms with Crippen LogP contribution in [0.2, 0.25) is 0 Å². The number of Topliss-reactive ketones (excluding diaryl/α,β-unsaturated/α-hetero) is 1. The first-order valence-corrected chi connectivity index (χ1v) is 10.2. The molecule has 7 nitrogen and oxygen atoms in total. The number of nitrogens with zero attached hydrogens (tertiary/aromatic N) is 1. The van der Waals surface area contributed by atoms with Crippen molar-refractivity contribution in [1.29, 1.82) is 0 Å². The number of hydrogen-bond acceptors (Lipinski definition) is 6. The van der Waals surface area contributed by atoms with Crippen LogP contribution in [0.4, 0.5) is 4.39 Å². The molecule has 0 aliphatic carbocycles. The van der Waals surface area contributed by atoms with Gasteiger partial charge in [0.05, 0.1) is 32.1 Å². The van der Waals surface area contributed by atoms with Crippen LogP contribution < -0.4 is 9.47 Å². The number of rotatable bonds is 8. The molecule has 8 heteroatoms. The first kappa shape index (κ1) is 22.1. The number of benzene rings is 2. The number of ether oxygens (including phenoxy) is 2. The van der Waals surface area contributed by atoms with Gasteiger partial charge in [0.2, 0.25) is 5.78 Å². The minimum absolute atomic E-state index is 0.0487. The number of furan rings is 1. The van der Waals surface area contributed by atoms with Gasteiger partial charge in [-0.25, -0.2) is 4.39 Å². The lowest BCUT2D eigenvalue weighted by Gasteiger charge is -2.27. The molecule has 1 aromatic heterocycles. The summed E-state index contributed by atoms with van der Waals surface area (Å²) >= 11 is 0. The Balaban J connectivity index is 1.69. The highest BCUT2D eigenvalue weighted by atomic mass is 19.1. The molecular formula is C25H22FNO6. The Kier molecular flexibility index (Phi) is 6.17. The monoisotopic (exact) mass is 451 g/mol. The standard InChI is InChI=1S/C25H22FNO6/c1-31-18-10-9-15(14-20(18)32-2)11-12-27-22(16-6-3-4-7-17(16)26)21(24(29)25(27)30)23(28)19-8-5-13-33-19/h3-10,13-14,22,29H,11-12H2,1-2H3/t22-/m1/s1. The molecule has 0 saturated carbocycles. The van der Waals surface area contributed by atoms with E-state index >= 15 is 0 Å². The molecule has 1 aliphatic heterocycles. The van der Waals surface area contributed by atoms with Crippen molar-refractivity contribution < 1.29 is 33.0 Å². The highest BCUT2D eigenvalue weighted by Gasteiger charge is 2.45. The fraction of sp³-hybridized carbons (Fsp3) is 0.200. The van der Waals surface area contributed by atoms with E-state index in [-0.39, 0.29) is 23.4 Å². The molecule has 0 radical (unpaired) electrons. The van der Waals surface area contributed by atoms with E-state index in [9.17, 15) is 19.1 Å². The minimum Gasteiger partial charge on any atom is -0.503 e. The van der Waals surface area contributed by atoms with Crippen molar-refractivity contribution in [2.24, 2.45) is 0 Å². The number of hydrogen-bond donors (Lipinski definition) is 1. The summed E-state index contributed by atoms with van der Waals surface area (Å²) in [6, 6.07) is 13.1. The van der Waals surface area contributed by atoms with Crippen molar-refractivity contribution in [3.05, 3.63) is 94.9 Å². The van der Waals surface area contributed by atoms with Crippen molar-refractivity contribution in [2.45, 2.75) is 12.5 Å². The van der Waals surface area contributed by atoms with Crippen molar-refractivity contribution >= 4 is 11.7 Å². The molecule has 0 fully saturated rings. The third kappa shape index (κ3) is 4.07. The summed E-state index contributed by atoms with van der Waals surface area (Å²) in [7, 11) is 3.06. The molecule has 2 heterocycles. The lowest BCUT2D eigenvalue weighted by atomic mass is 9.94. The number of carbonyl (C=O) groups excluding carboxylic acids is 2. The zero-order valence-electron chi connectivity index (χ0n) is 18.1. The molecule has 4 rings (SSSR count). The van der Waals surface area contributed by atoms with E-state index in [0.29, 0.717) is 17.9 Å². The van der Waals surface area contributed by atoms with E-state index < -0.39 is 29.3 Å². The second kappa shape index (κ2) is 9.20. The topological polar surface area (TPSA) is 89.2 Å². The Labute approximate surface area is 189 Å². The average molecular weight is 451 g/mol. The van der Waals surface area contributed by atoms with Crippen LogP contribution in [0.25, 0.3) is 0 Å². The van der Waals surface area contributed by atoms with E-state index in [1.165, 1.54) is 55.7 Å². The van der Waals surface area contributed by atoms with Crippen LogP contribution in [-0.2, 0) is 11.2 Å². The first-order valence-electron chi connectivity index (χ1n) is 10.2. The second-order valence-electron chi connectivity index (χ2n) is 7.43. The Bertz CT molecular complexity index is 1220. The predicted octanol–water partition coefficient (Wildman–Crippen LogP) is 4.26. The summed E-state index contributed by atoms with van der Waals surface area (Å²) in [5, 5.41) is 10.6. The molecule has 0 saturated heterocycles. The van der Waals surface area contributed by atoms with E-state index in [1.54, 1.807) is 18.2 Å². The third-order valence-corrected chi connectivity index (χ3v) is 5.58. The molecule has 170 valence electrons. The number of carbonyl (C=O) groups is 2. The molecule has 0 unspecified atom stereocenters. The highest BCUT2D eigenvalue weighted by Crippen LogP contribution is 2.40. The molecular weight excluding hydrogens is 429 g/mol. The van der Waals surface area contributed by atoms with Crippen molar-refractivity contribution in [3.8, 4) is 11.5 Å². The average Bonchev–Trinajstić information content (AvgIpc) is 3.45. The number of methoxy groups -OCH3 is 2. The van der Waals surface area contributed by atoms with Gasteiger partial charge in [0, 0.05) is 12.1 Å². The van der Waals surface area contributed by atoms with Gasteiger partial charge in [-0.1, -0.05) is 24.3 Å². The maximum absolute atomic E-state index is 14.8. The Morgan fingerprint density at radius 2 is 1.85 bits per heavy atom. The van der Waals surface area contributed by atoms with Gasteiger partial charge in [0.15, 0.2) is 23.0 Å². The molecule has 1 aliphatic rings. The largest absolute Gasteiger partial charge is 0.503 e. The molecule has 33 heavy (non-hydrogen) atoms. The molecule has 0 bridgehead atoms. The van der Waals surface area contributed by atoms with Crippen molar-refractivity contribution in [3.63, 3.8) is 0 Å². The normalized spacial score (nSPS) is 15.8. The third-order valence-electron chi connectivity index (χ3n) is 5.58. The lowest BCUT2D eigenvalue weighted by Crippen LogP contribution is -2.33. The number of aliphatic hydroxyl groups excluding tert-OH is 1. The first-order chi connectivity index (χ1) is 16.0. The van der Waals surface area contributed by atoms with Gasteiger partial charge in [0.25, 0.3) is 5.91 Å². The lowest BCUT2D eigenvalue weighted by molar-refractivity contribution is -0.129. The van der Waals surface area contributed by atoms with Crippen LogP contribution in [0.5, 0.6) is 11.5 Å². The van der Waals surface area contributed by atoms with Crippen LogP contribution in [0.1, 0.15) is 27.7 Å². The maximum atomic E-state index is 14.8. The van der Waals surface area contributed by atoms with E-state index in [1.807, 2.05) is 6.07 Å². The fourth-order valence-electron chi connectivity index (χ4n) is 3.96. The van der Waals surface area contributed by atoms with Gasteiger partial charge < -0.3 is 23.9 Å². The predicted molar refractivity (Wildman–Crippen MR) is 117 cm³/mol. The molecule has 1 amide bonds. The summed E-state index contributed by atoms with van der Waals surface area (Å²) < 4.78 is 30.5. The quantitative estimate of drug-likeness (QED) is 0.515. The van der Waals surface area contributed by atoms with Gasteiger partial charge >= 0.3 is 0 Å².